The number of nitrogens with one attached hydrogen (secondary N) is 1. The molecule has 1 heterocycles. The first kappa shape index (κ1) is 20.2. The minimum atomic E-state index is -0.822. The summed E-state index contributed by atoms with van der Waals surface area (Å²) in [5.41, 5.74) is 5.01. The van der Waals surface area contributed by atoms with Crippen molar-refractivity contribution in [1.82, 2.24) is 10.3 Å². The Morgan fingerprint density at radius 2 is 1.80 bits per heavy atom. The molecule has 0 spiro atoms. The number of hydrogen-bond acceptors (Lipinski definition) is 5. The van der Waals surface area contributed by atoms with Crippen molar-refractivity contribution in [2.45, 2.75) is 32.2 Å². The van der Waals surface area contributed by atoms with Crippen LogP contribution in [0.15, 0.2) is 54.6 Å². The maximum Gasteiger partial charge on any atom is 0.427 e. The Balaban J connectivity index is 1.97. The number of carbonyl (C=O) groups excluding carboxylic acids is 1. The van der Waals surface area contributed by atoms with E-state index in [1.54, 1.807) is 6.07 Å². The van der Waals surface area contributed by atoms with E-state index in [9.17, 15) is 9.90 Å². The van der Waals surface area contributed by atoms with Gasteiger partial charge in [0.1, 0.15) is 0 Å². The second-order valence-electron chi connectivity index (χ2n) is 7.75. The van der Waals surface area contributed by atoms with E-state index in [2.05, 4.69) is 24.0 Å². The van der Waals surface area contributed by atoms with Gasteiger partial charge in [-0.1, -0.05) is 55.0 Å². The van der Waals surface area contributed by atoms with Crippen LogP contribution < -0.4 is 16.0 Å². The van der Waals surface area contributed by atoms with Crippen LogP contribution in [0.1, 0.15) is 42.0 Å². The number of phenols is 1. The third-order valence-electron chi connectivity index (χ3n) is 5.86. The van der Waals surface area contributed by atoms with E-state index in [4.69, 9.17) is 10.6 Å². The standard InChI is InChI=1S/C24H27N3O3/c1-16-9-3-5-11-18(16)22(27-13-7-2-8-14-27)21-19-12-6-4-10-17(19)15-20(23(21)28)30-24(29)26-25/h3-6,9-12,15,22,28H,2,7-8,13-14,25H2,1H3,(H,26,29). The second kappa shape index (κ2) is 8.73. The third-order valence-corrected chi connectivity index (χ3v) is 5.86. The monoisotopic (exact) mass is 405 g/mol. The van der Waals surface area contributed by atoms with E-state index in [1.165, 1.54) is 6.42 Å². The topological polar surface area (TPSA) is 87.8 Å². The number of hydrogen-bond donors (Lipinski definition) is 3. The Labute approximate surface area is 176 Å². The molecule has 0 radical (unpaired) electrons. The van der Waals surface area contributed by atoms with Gasteiger partial charge in [0.2, 0.25) is 0 Å². The number of nitrogens with zero attached hydrogens (tertiary/aromatic N) is 1. The maximum atomic E-state index is 11.8. The predicted octanol–water partition coefficient (Wildman–Crippen LogP) is 4.39. The molecule has 1 fully saturated rings. The molecule has 0 saturated carbocycles. The van der Waals surface area contributed by atoms with Crippen LogP contribution >= 0.6 is 0 Å². The molecule has 0 aliphatic carbocycles. The fourth-order valence-corrected chi connectivity index (χ4v) is 4.43. The third kappa shape index (κ3) is 3.84. The first-order valence-corrected chi connectivity index (χ1v) is 10.3. The van der Waals surface area contributed by atoms with Crippen LogP contribution in [0.3, 0.4) is 0 Å². The van der Waals surface area contributed by atoms with Crippen LogP contribution in [-0.4, -0.2) is 29.2 Å². The molecule has 0 aromatic heterocycles. The highest BCUT2D eigenvalue weighted by atomic mass is 16.6. The zero-order valence-electron chi connectivity index (χ0n) is 17.1. The number of phenolic OH excluding ortho intramolecular Hbond substituents is 1. The molecule has 4 rings (SSSR count). The van der Waals surface area contributed by atoms with Crippen LogP contribution in [-0.2, 0) is 0 Å². The first-order valence-electron chi connectivity index (χ1n) is 10.3. The van der Waals surface area contributed by atoms with Crippen molar-refractivity contribution in [3.8, 4) is 11.5 Å². The van der Waals surface area contributed by atoms with E-state index < -0.39 is 6.09 Å². The fraction of sp³-hybridized carbons (Fsp3) is 0.292. The number of ether oxygens (including phenoxy) is 1. The molecule has 30 heavy (non-hydrogen) atoms. The summed E-state index contributed by atoms with van der Waals surface area (Å²) >= 11 is 0. The van der Waals surface area contributed by atoms with Crippen LogP contribution in [0.25, 0.3) is 10.8 Å². The van der Waals surface area contributed by atoms with E-state index in [1.807, 2.05) is 41.8 Å². The summed E-state index contributed by atoms with van der Waals surface area (Å²) in [6.45, 7) is 3.98. The lowest BCUT2D eigenvalue weighted by atomic mass is 9.88. The van der Waals surface area contributed by atoms with Crippen molar-refractivity contribution in [3.05, 3.63) is 71.3 Å². The number of amides is 1. The molecular weight excluding hydrogens is 378 g/mol. The fourth-order valence-electron chi connectivity index (χ4n) is 4.43. The predicted molar refractivity (Wildman–Crippen MR) is 117 cm³/mol. The van der Waals surface area contributed by atoms with Gasteiger partial charge in [0.25, 0.3) is 0 Å². The van der Waals surface area contributed by atoms with Gasteiger partial charge in [0.15, 0.2) is 11.5 Å². The number of hydrazine groups is 1. The lowest BCUT2D eigenvalue weighted by Gasteiger charge is -2.37. The number of nitrogens with two attached hydrogens (primary N) is 1. The Morgan fingerprint density at radius 1 is 1.10 bits per heavy atom. The van der Waals surface area contributed by atoms with Crippen LogP contribution in [0.2, 0.25) is 0 Å². The molecule has 3 aromatic carbocycles. The molecule has 3 aromatic rings. The molecule has 1 aliphatic heterocycles. The number of benzene rings is 3. The van der Waals surface area contributed by atoms with Crippen molar-refractivity contribution in [2.24, 2.45) is 5.84 Å². The van der Waals surface area contributed by atoms with Crippen LogP contribution in [0.4, 0.5) is 4.79 Å². The highest BCUT2D eigenvalue weighted by molar-refractivity contribution is 5.91. The summed E-state index contributed by atoms with van der Waals surface area (Å²) in [5.74, 6) is 5.26. The number of likely N-dealkylation sites (tertiary alicyclic amines) is 1. The summed E-state index contributed by atoms with van der Waals surface area (Å²) in [6.07, 6.45) is 2.63. The van der Waals surface area contributed by atoms with Crippen molar-refractivity contribution < 1.29 is 14.6 Å². The average Bonchev–Trinajstić information content (AvgIpc) is 2.78. The lowest BCUT2D eigenvalue weighted by Crippen LogP contribution is -2.35. The number of carbonyl (C=O) groups is 1. The van der Waals surface area contributed by atoms with Gasteiger partial charge in [0.05, 0.1) is 6.04 Å². The van der Waals surface area contributed by atoms with E-state index in [-0.39, 0.29) is 17.5 Å². The van der Waals surface area contributed by atoms with Crippen molar-refractivity contribution in [1.29, 1.82) is 0 Å². The summed E-state index contributed by atoms with van der Waals surface area (Å²) in [5, 5.41) is 13.1. The van der Waals surface area contributed by atoms with E-state index in [0.29, 0.717) is 0 Å². The van der Waals surface area contributed by atoms with Crippen molar-refractivity contribution in [3.63, 3.8) is 0 Å². The van der Waals surface area contributed by atoms with Gasteiger partial charge in [-0.05, 0) is 60.8 Å². The van der Waals surface area contributed by atoms with Gasteiger partial charge >= 0.3 is 6.09 Å². The molecule has 0 bridgehead atoms. The number of rotatable bonds is 4. The molecule has 6 nitrogen and oxygen atoms in total. The van der Waals surface area contributed by atoms with Gasteiger partial charge in [-0.3, -0.25) is 10.3 Å². The second-order valence-corrected chi connectivity index (χ2v) is 7.75. The maximum absolute atomic E-state index is 11.8. The summed E-state index contributed by atoms with van der Waals surface area (Å²) in [4.78, 5) is 14.2. The zero-order valence-corrected chi connectivity index (χ0v) is 17.1. The molecule has 6 heteroatoms. The quantitative estimate of drug-likeness (QED) is 0.340. The van der Waals surface area contributed by atoms with E-state index in [0.717, 1.165) is 53.4 Å². The minimum Gasteiger partial charge on any atom is -0.504 e. The average molecular weight is 405 g/mol. The molecule has 1 aliphatic rings. The lowest BCUT2D eigenvalue weighted by molar-refractivity contribution is 0.183. The van der Waals surface area contributed by atoms with Gasteiger partial charge in [0, 0.05) is 5.56 Å². The Bertz CT molecular complexity index is 1060. The Hall–Kier alpha value is -3.09. The van der Waals surface area contributed by atoms with Gasteiger partial charge < -0.3 is 9.84 Å². The van der Waals surface area contributed by atoms with E-state index >= 15 is 0 Å². The molecule has 1 amide bonds. The highest BCUT2D eigenvalue weighted by Crippen LogP contribution is 2.45. The van der Waals surface area contributed by atoms with Crippen LogP contribution in [0.5, 0.6) is 11.5 Å². The number of aromatic hydroxyl groups is 1. The Kier molecular flexibility index (Phi) is 5.88. The molecule has 1 atom stereocenters. The van der Waals surface area contributed by atoms with Gasteiger partial charge in [-0.2, -0.15) is 0 Å². The summed E-state index contributed by atoms with van der Waals surface area (Å²) < 4.78 is 5.30. The number of fused-ring (bicyclic) bond motifs is 1. The van der Waals surface area contributed by atoms with Gasteiger partial charge in [-0.25, -0.2) is 10.6 Å². The summed E-state index contributed by atoms with van der Waals surface area (Å²) in [6, 6.07) is 17.6. The number of piperidine rings is 1. The first-order chi connectivity index (χ1) is 14.6. The molecule has 1 unspecified atom stereocenters. The smallest absolute Gasteiger partial charge is 0.427 e. The van der Waals surface area contributed by atoms with Crippen LogP contribution in [0, 0.1) is 6.92 Å². The SMILES string of the molecule is Cc1ccccc1C(c1c(O)c(OC(=O)NN)cc2ccccc12)N1CCCCC1. The highest BCUT2D eigenvalue weighted by Gasteiger charge is 2.30. The van der Waals surface area contributed by atoms with Gasteiger partial charge in [-0.15, -0.1) is 0 Å². The molecule has 4 N–H and O–H groups in total. The number of aryl methyl sites for hydroxylation is 1. The summed E-state index contributed by atoms with van der Waals surface area (Å²) in [7, 11) is 0. The Morgan fingerprint density at radius 3 is 2.53 bits per heavy atom. The molecule has 156 valence electrons. The normalized spacial score (nSPS) is 15.7. The molecule has 1 saturated heterocycles. The van der Waals surface area contributed by atoms with Crippen molar-refractivity contribution in [2.75, 3.05) is 13.1 Å². The molecular formula is C24H27N3O3. The minimum absolute atomic E-state index is 0.0314. The zero-order chi connectivity index (χ0) is 21.1. The van der Waals surface area contributed by atoms with Crippen molar-refractivity contribution >= 4 is 16.9 Å². The largest absolute Gasteiger partial charge is 0.504 e.